The second-order valence-electron chi connectivity index (χ2n) is 3.31. The predicted octanol–water partition coefficient (Wildman–Crippen LogP) is 2.52. The molecule has 0 radical (unpaired) electrons. The van der Waals surface area contributed by atoms with Gasteiger partial charge in [0, 0.05) is 12.6 Å². The average molecular weight is 270 g/mol. The molecule has 0 unspecified atom stereocenters. The maximum absolute atomic E-state index is 13.8. The molecular weight excluding hydrogens is 261 g/mol. The molecule has 0 fully saturated rings. The van der Waals surface area contributed by atoms with Crippen molar-refractivity contribution in [3.05, 3.63) is 39.1 Å². The molecule has 1 aliphatic rings. The van der Waals surface area contributed by atoms with Crippen LogP contribution < -0.4 is 5.32 Å². The van der Waals surface area contributed by atoms with E-state index in [0.717, 1.165) is 5.56 Å². The van der Waals surface area contributed by atoms with Crippen LogP contribution in [0, 0.1) is 5.82 Å². The fourth-order valence-electron chi connectivity index (χ4n) is 1.65. The van der Waals surface area contributed by atoms with E-state index in [2.05, 4.69) is 21.2 Å². The smallest absolute Gasteiger partial charge is 0.252 e. The maximum atomic E-state index is 13.8. The summed E-state index contributed by atoms with van der Waals surface area (Å²) in [4.78, 5) is 11.5. The number of hydrogen-bond acceptors (Lipinski definition) is 1. The Morgan fingerprint density at radius 2 is 2.33 bits per heavy atom. The third-order valence-corrected chi connectivity index (χ3v) is 3.20. The zero-order valence-corrected chi connectivity index (χ0v) is 9.69. The highest BCUT2D eigenvalue weighted by molar-refractivity contribution is 9.10. The summed E-state index contributed by atoms with van der Waals surface area (Å²) in [6, 6.07) is 1.72. The summed E-state index contributed by atoms with van der Waals surface area (Å²) in [5.41, 5.74) is 1.78. The molecule has 1 aromatic rings. The topological polar surface area (TPSA) is 29.1 Å². The van der Waals surface area contributed by atoms with Gasteiger partial charge in [-0.15, -0.1) is 0 Å². The van der Waals surface area contributed by atoms with E-state index < -0.39 is 0 Å². The van der Waals surface area contributed by atoms with Crippen LogP contribution in [0.15, 0.2) is 16.6 Å². The number of amides is 1. The Morgan fingerprint density at radius 3 is 3.00 bits per heavy atom. The number of fused-ring (bicyclic) bond motifs is 1. The number of allylic oxidation sites excluding steroid dienone is 1. The van der Waals surface area contributed by atoms with Crippen molar-refractivity contribution in [3.8, 4) is 0 Å². The van der Waals surface area contributed by atoms with E-state index in [0.29, 0.717) is 17.5 Å². The van der Waals surface area contributed by atoms with E-state index in [9.17, 15) is 9.18 Å². The maximum Gasteiger partial charge on any atom is 0.252 e. The number of nitrogens with one attached hydrogen (secondary N) is 1. The van der Waals surface area contributed by atoms with Gasteiger partial charge in [-0.3, -0.25) is 4.79 Å². The van der Waals surface area contributed by atoms with Crippen molar-refractivity contribution in [2.75, 3.05) is 7.05 Å². The first-order chi connectivity index (χ1) is 7.15. The highest BCUT2D eigenvalue weighted by atomic mass is 79.9. The minimum absolute atomic E-state index is 0.229. The Balaban J connectivity index is 2.62. The number of hydrogen-bond donors (Lipinski definition) is 1. The Kier molecular flexibility index (Phi) is 2.61. The molecular formula is C11H9BrFNO. The van der Waals surface area contributed by atoms with Gasteiger partial charge in [-0.2, -0.15) is 0 Å². The fourth-order valence-corrected chi connectivity index (χ4v) is 2.15. The molecule has 0 aromatic heterocycles. The zero-order valence-electron chi connectivity index (χ0n) is 8.10. The Bertz CT molecular complexity index is 468. The first-order valence-corrected chi connectivity index (χ1v) is 5.34. The number of carbonyl (C=O) groups is 1. The molecule has 78 valence electrons. The van der Waals surface area contributed by atoms with Gasteiger partial charge in [0.15, 0.2) is 0 Å². The van der Waals surface area contributed by atoms with Crippen LogP contribution in [0.3, 0.4) is 0 Å². The Labute approximate surface area is 95.3 Å². The molecule has 15 heavy (non-hydrogen) atoms. The quantitative estimate of drug-likeness (QED) is 0.834. The van der Waals surface area contributed by atoms with Gasteiger partial charge < -0.3 is 5.32 Å². The number of halogens is 2. The van der Waals surface area contributed by atoms with Crippen LogP contribution in [0.25, 0.3) is 6.08 Å². The van der Waals surface area contributed by atoms with Gasteiger partial charge in [0.25, 0.3) is 5.91 Å². The molecule has 2 rings (SSSR count). The van der Waals surface area contributed by atoms with Crippen molar-refractivity contribution in [3.63, 3.8) is 0 Å². The van der Waals surface area contributed by atoms with Crippen molar-refractivity contribution < 1.29 is 9.18 Å². The van der Waals surface area contributed by atoms with Gasteiger partial charge in [-0.1, -0.05) is 12.2 Å². The molecule has 1 aromatic carbocycles. The largest absolute Gasteiger partial charge is 0.355 e. The molecule has 0 aliphatic heterocycles. The summed E-state index contributed by atoms with van der Waals surface area (Å²) in [7, 11) is 1.53. The molecule has 2 nitrogen and oxygen atoms in total. The summed E-state index contributed by atoms with van der Waals surface area (Å²) in [6.45, 7) is 0. The van der Waals surface area contributed by atoms with Crippen LogP contribution in [-0.4, -0.2) is 13.0 Å². The van der Waals surface area contributed by atoms with E-state index in [1.54, 1.807) is 12.1 Å². The summed E-state index contributed by atoms with van der Waals surface area (Å²) in [5, 5.41) is 2.48. The molecule has 0 heterocycles. The summed E-state index contributed by atoms with van der Waals surface area (Å²) in [6.07, 6.45) is 4.31. The molecule has 0 bridgehead atoms. The van der Waals surface area contributed by atoms with Crippen molar-refractivity contribution in [2.45, 2.75) is 6.42 Å². The van der Waals surface area contributed by atoms with Gasteiger partial charge in [-0.25, -0.2) is 4.39 Å². The highest BCUT2D eigenvalue weighted by Gasteiger charge is 2.20. The van der Waals surface area contributed by atoms with Gasteiger partial charge in [0.2, 0.25) is 0 Å². The lowest BCUT2D eigenvalue weighted by molar-refractivity contribution is 0.0961. The van der Waals surface area contributed by atoms with Crippen molar-refractivity contribution >= 4 is 27.9 Å². The second-order valence-corrected chi connectivity index (χ2v) is 4.10. The minimum Gasteiger partial charge on any atom is -0.355 e. The first-order valence-electron chi connectivity index (χ1n) is 4.54. The molecule has 0 saturated heterocycles. The number of carbonyl (C=O) groups excluding carboxylic acids is 1. The Morgan fingerprint density at radius 1 is 1.60 bits per heavy atom. The second kappa shape index (κ2) is 3.77. The lowest BCUT2D eigenvalue weighted by Gasteiger charge is -2.08. The molecule has 1 amide bonds. The molecule has 0 atom stereocenters. The van der Waals surface area contributed by atoms with Gasteiger partial charge in [-0.05, 0) is 34.0 Å². The fraction of sp³-hybridized carbons (Fsp3) is 0.182. The number of rotatable bonds is 1. The average Bonchev–Trinajstić information content (AvgIpc) is 2.70. The van der Waals surface area contributed by atoms with Crippen molar-refractivity contribution in [1.82, 2.24) is 5.32 Å². The third kappa shape index (κ3) is 1.59. The van der Waals surface area contributed by atoms with E-state index in [-0.39, 0.29) is 16.2 Å². The van der Waals surface area contributed by atoms with E-state index in [1.807, 2.05) is 6.08 Å². The molecule has 0 saturated carbocycles. The minimum atomic E-state index is -0.361. The van der Waals surface area contributed by atoms with Crippen molar-refractivity contribution in [2.24, 2.45) is 0 Å². The van der Waals surface area contributed by atoms with Crippen LogP contribution in [-0.2, 0) is 6.42 Å². The van der Waals surface area contributed by atoms with Crippen LogP contribution in [0.2, 0.25) is 0 Å². The van der Waals surface area contributed by atoms with Crippen LogP contribution in [0.5, 0.6) is 0 Å². The highest BCUT2D eigenvalue weighted by Crippen LogP contribution is 2.31. The van der Waals surface area contributed by atoms with E-state index in [4.69, 9.17) is 0 Å². The van der Waals surface area contributed by atoms with Gasteiger partial charge in [0.1, 0.15) is 5.82 Å². The SMILES string of the molecule is CNC(=O)c1cc2c(c(F)c1Br)C=CC2. The molecule has 1 aliphatic carbocycles. The normalized spacial score (nSPS) is 12.7. The Hall–Kier alpha value is -1.16. The third-order valence-electron chi connectivity index (χ3n) is 2.42. The molecule has 0 spiro atoms. The van der Waals surface area contributed by atoms with Crippen LogP contribution >= 0.6 is 15.9 Å². The lowest BCUT2D eigenvalue weighted by atomic mass is 10.0. The molecule has 4 heteroatoms. The summed E-state index contributed by atoms with van der Waals surface area (Å²) in [5.74, 6) is -0.643. The monoisotopic (exact) mass is 269 g/mol. The molecule has 1 N–H and O–H groups in total. The van der Waals surface area contributed by atoms with E-state index >= 15 is 0 Å². The summed E-state index contributed by atoms with van der Waals surface area (Å²) >= 11 is 3.11. The van der Waals surface area contributed by atoms with Crippen molar-refractivity contribution in [1.29, 1.82) is 0 Å². The standard InChI is InChI=1S/C11H9BrFNO/c1-14-11(15)8-5-6-3-2-4-7(6)10(13)9(8)12/h2,4-5H,3H2,1H3,(H,14,15). The van der Waals surface area contributed by atoms with Crippen LogP contribution in [0.4, 0.5) is 4.39 Å². The van der Waals surface area contributed by atoms with Gasteiger partial charge in [0.05, 0.1) is 10.0 Å². The summed E-state index contributed by atoms with van der Waals surface area (Å²) < 4.78 is 14.0. The first kappa shape index (κ1) is 10.4. The van der Waals surface area contributed by atoms with E-state index in [1.165, 1.54) is 7.05 Å². The predicted molar refractivity (Wildman–Crippen MR) is 60.2 cm³/mol. The van der Waals surface area contributed by atoms with Gasteiger partial charge >= 0.3 is 0 Å². The van der Waals surface area contributed by atoms with Crippen LogP contribution in [0.1, 0.15) is 21.5 Å². The number of benzene rings is 1. The lowest BCUT2D eigenvalue weighted by Crippen LogP contribution is -2.19. The zero-order chi connectivity index (χ0) is 11.0.